The Bertz CT molecular complexity index is 708. The third kappa shape index (κ3) is 2.57. The number of aromatic amines is 1. The molecule has 4 nitrogen and oxygen atoms in total. The van der Waals surface area contributed by atoms with Gasteiger partial charge in [-0.15, -0.1) is 0 Å². The van der Waals surface area contributed by atoms with E-state index in [1.165, 1.54) is 0 Å². The van der Waals surface area contributed by atoms with Crippen LogP contribution >= 0.6 is 0 Å². The molecule has 0 unspecified atom stereocenters. The molecule has 2 aromatic rings. The first kappa shape index (κ1) is 13.9. The van der Waals surface area contributed by atoms with E-state index in [9.17, 15) is 4.79 Å². The molecule has 102 valence electrons. The first-order valence-corrected chi connectivity index (χ1v) is 6.52. The van der Waals surface area contributed by atoms with Crippen molar-refractivity contribution in [2.45, 2.75) is 13.8 Å². The topological polar surface area (TPSA) is 59.9 Å². The first-order chi connectivity index (χ1) is 9.56. The van der Waals surface area contributed by atoms with Crippen molar-refractivity contribution in [3.8, 4) is 17.2 Å². The van der Waals surface area contributed by atoms with Crippen molar-refractivity contribution in [1.29, 1.82) is 5.26 Å². The highest BCUT2D eigenvalue weighted by molar-refractivity contribution is 5.72. The predicted molar refractivity (Wildman–Crippen MR) is 80.9 cm³/mol. The number of aromatic nitrogens is 1. The van der Waals surface area contributed by atoms with Crippen molar-refractivity contribution in [2.75, 3.05) is 18.5 Å². The van der Waals surface area contributed by atoms with Crippen molar-refractivity contribution >= 4 is 5.69 Å². The van der Waals surface area contributed by atoms with Crippen molar-refractivity contribution < 1.29 is 0 Å². The summed E-state index contributed by atoms with van der Waals surface area (Å²) in [5, 5.41) is 9.15. The highest BCUT2D eigenvalue weighted by Crippen LogP contribution is 2.24. The van der Waals surface area contributed by atoms with Crippen LogP contribution in [0.4, 0.5) is 5.69 Å². The number of nitriles is 1. The number of hydrogen-bond donors (Lipinski definition) is 1. The minimum absolute atomic E-state index is 0.159. The monoisotopic (exact) mass is 267 g/mol. The summed E-state index contributed by atoms with van der Waals surface area (Å²) in [4.78, 5) is 16.6. The van der Waals surface area contributed by atoms with Crippen molar-refractivity contribution in [3.63, 3.8) is 0 Å². The smallest absolute Gasteiger partial charge is 0.266 e. The van der Waals surface area contributed by atoms with Crippen LogP contribution in [0.3, 0.4) is 0 Å². The van der Waals surface area contributed by atoms with Crippen LogP contribution in [-0.2, 0) is 0 Å². The molecule has 0 bridgehead atoms. The summed E-state index contributed by atoms with van der Waals surface area (Å²) < 4.78 is 0. The Hall–Kier alpha value is -2.54. The van der Waals surface area contributed by atoms with Gasteiger partial charge in [-0.05, 0) is 37.6 Å². The second-order valence-corrected chi connectivity index (χ2v) is 4.74. The van der Waals surface area contributed by atoms with Crippen LogP contribution in [0.2, 0.25) is 0 Å². The Labute approximate surface area is 118 Å². The summed E-state index contributed by atoms with van der Waals surface area (Å²) >= 11 is 0. The first-order valence-electron chi connectivity index (χ1n) is 6.52. The average Bonchev–Trinajstić information content (AvgIpc) is 2.46. The molecule has 0 aliphatic rings. The molecule has 4 heteroatoms. The molecule has 2 rings (SSSR count). The highest BCUT2D eigenvalue weighted by atomic mass is 16.1. The predicted octanol–water partition coefficient (Wildman–Crippen LogP) is 2.68. The number of hydrogen-bond acceptors (Lipinski definition) is 3. The SMILES string of the molecule is CCN(C)c1ccc(-c2cc(C)[nH]c(=O)c2C#N)cc1. The van der Waals surface area contributed by atoms with E-state index in [4.69, 9.17) is 5.26 Å². The molecule has 20 heavy (non-hydrogen) atoms. The maximum atomic E-state index is 11.8. The van der Waals surface area contributed by atoms with Gasteiger partial charge in [-0.2, -0.15) is 5.26 Å². The number of anilines is 1. The molecule has 0 saturated carbocycles. The van der Waals surface area contributed by atoms with Crippen LogP contribution < -0.4 is 10.5 Å². The molecule has 1 aromatic heterocycles. The standard InChI is InChI=1S/C16H17N3O/c1-4-19(3)13-7-5-12(6-8-13)14-9-11(2)18-16(20)15(14)10-17/h5-9H,4H2,1-3H3,(H,18,20). The Kier molecular flexibility index (Phi) is 3.90. The molecule has 0 fully saturated rings. The van der Waals surface area contributed by atoms with Gasteiger partial charge in [0, 0.05) is 30.5 Å². The molecule has 1 heterocycles. The van der Waals surface area contributed by atoms with E-state index in [-0.39, 0.29) is 11.1 Å². The zero-order chi connectivity index (χ0) is 14.7. The van der Waals surface area contributed by atoms with Crippen LogP contribution in [0, 0.1) is 18.3 Å². The summed E-state index contributed by atoms with van der Waals surface area (Å²) in [6, 6.07) is 11.7. The van der Waals surface area contributed by atoms with Crippen LogP contribution in [0.25, 0.3) is 11.1 Å². The van der Waals surface area contributed by atoms with Crippen molar-refractivity contribution in [2.24, 2.45) is 0 Å². The summed E-state index contributed by atoms with van der Waals surface area (Å²) in [6.45, 7) is 4.82. The number of nitrogens with one attached hydrogen (secondary N) is 1. The van der Waals surface area contributed by atoms with Crippen LogP contribution in [-0.4, -0.2) is 18.6 Å². The van der Waals surface area contributed by atoms with Crippen molar-refractivity contribution in [3.05, 3.63) is 51.9 Å². The Morgan fingerprint density at radius 2 is 1.95 bits per heavy atom. The lowest BCUT2D eigenvalue weighted by atomic mass is 10.0. The molecule has 0 saturated heterocycles. The Morgan fingerprint density at radius 1 is 1.30 bits per heavy atom. The van der Waals surface area contributed by atoms with Gasteiger partial charge in [0.2, 0.25) is 0 Å². The van der Waals surface area contributed by atoms with E-state index in [0.717, 1.165) is 23.5 Å². The van der Waals surface area contributed by atoms with Crippen LogP contribution in [0.1, 0.15) is 18.2 Å². The lowest BCUT2D eigenvalue weighted by Gasteiger charge is -2.17. The normalized spacial score (nSPS) is 10.1. The summed E-state index contributed by atoms with van der Waals surface area (Å²) in [7, 11) is 2.02. The van der Waals surface area contributed by atoms with E-state index in [2.05, 4.69) is 16.8 Å². The number of nitrogens with zero attached hydrogens (tertiary/aromatic N) is 2. The van der Waals surface area contributed by atoms with Gasteiger partial charge in [0.25, 0.3) is 5.56 Å². The average molecular weight is 267 g/mol. The van der Waals surface area contributed by atoms with E-state index < -0.39 is 0 Å². The van der Waals surface area contributed by atoms with Crippen molar-refractivity contribution in [1.82, 2.24) is 4.98 Å². The van der Waals surface area contributed by atoms with E-state index in [0.29, 0.717) is 5.56 Å². The molecule has 0 spiro atoms. The summed E-state index contributed by atoms with van der Waals surface area (Å²) in [6.07, 6.45) is 0. The summed E-state index contributed by atoms with van der Waals surface area (Å²) in [5.74, 6) is 0. The van der Waals surface area contributed by atoms with Gasteiger partial charge < -0.3 is 9.88 Å². The molecule has 1 N–H and O–H groups in total. The second kappa shape index (κ2) is 5.62. The van der Waals surface area contributed by atoms with Gasteiger partial charge in [0.05, 0.1) is 0 Å². The van der Waals surface area contributed by atoms with Crippen LogP contribution in [0.5, 0.6) is 0 Å². The van der Waals surface area contributed by atoms with E-state index >= 15 is 0 Å². The number of pyridine rings is 1. The minimum Gasteiger partial charge on any atom is -0.375 e. The zero-order valence-corrected chi connectivity index (χ0v) is 11.9. The number of H-pyrrole nitrogens is 1. The minimum atomic E-state index is -0.336. The fourth-order valence-electron chi connectivity index (χ4n) is 2.11. The van der Waals surface area contributed by atoms with Crippen LogP contribution in [0.15, 0.2) is 35.1 Å². The van der Waals surface area contributed by atoms with E-state index in [1.807, 2.05) is 50.4 Å². The second-order valence-electron chi connectivity index (χ2n) is 4.74. The van der Waals surface area contributed by atoms with Gasteiger partial charge in [-0.1, -0.05) is 12.1 Å². The quantitative estimate of drug-likeness (QED) is 0.930. The highest BCUT2D eigenvalue weighted by Gasteiger charge is 2.10. The van der Waals surface area contributed by atoms with Gasteiger partial charge in [-0.25, -0.2) is 0 Å². The lowest BCUT2D eigenvalue weighted by Crippen LogP contribution is -2.15. The fourth-order valence-corrected chi connectivity index (χ4v) is 2.11. The third-order valence-corrected chi connectivity index (χ3v) is 3.37. The molecule has 0 atom stereocenters. The third-order valence-electron chi connectivity index (χ3n) is 3.37. The molecule has 0 aliphatic heterocycles. The Morgan fingerprint density at radius 3 is 2.50 bits per heavy atom. The van der Waals surface area contributed by atoms with Gasteiger partial charge in [0.1, 0.15) is 11.6 Å². The number of rotatable bonds is 3. The number of benzene rings is 1. The number of aryl methyl sites for hydroxylation is 1. The largest absolute Gasteiger partial charge is 0.375 e. The molecular weight excluding hydrogens is 250 g/mol. The zero-order valence-electron chi connectivity index (χ0n) is 11.9. The molecule has 1 aromatic carbocycles. The molecule has 0 radical (unpaired) electrons. The van der Waals surface area contributed by atoms with Gasteiger partial charge in [-0.3, -0.25) is 4.79 Å². The lowest BCUT2D eigenvalue weighted by molar-refractivity contribution is 0.968. The fraction of sp³-hybridized carbons (Fsp3) is 0.250. The molecule has 0 amide bonds. The molecule has 0 aliphatic carbocycles. The van der Waals surface area contributed by atoms with Gasteiger partial charge >= 0.3 is 0 Å². The van der Waals surface area contributed by atoms with Gasteiger partial charge in [0.15, 0.2) is 0 Å². The molecular formula is C16H17N3O. The maximum Gasteiger partial charge on any atom is 0.266 e. The summed E-state index contributed by atoms with van der Waals surface area (Å²) in [5.41, 5.74) is 3.24. The van der Waals surface area contributed by atoms with E-state index in [1.54, 1.807) is 0 Å². The maximum absolute atomic E-state index is 11.8. The Balaban J connectivity index is 2.53.